The van der Waals surface area contributed by atoms with Crippen LogP contribution in [0.2, 0.25) is 4.47 Å². The topological polar surface area (TPSA) is 12.9 Å². The second kappa shape index (κ2) is 5.76. The van der Waals surface area contributed by atoms with Crippen LogP contribution in [0.1, 0.15) is 6.92 Å². The number of hydrogen-bond acceptors (Lipinski definition) is 2. The molecule has 0 aliphatic carbocycles. The van der Waals surface area contributed by atoms with Crippen LogP contribution in [-0.2, 0) is 0 Å². The summed E-state index contributed by atoms with van der Waals surface area (Å²) in [7, 11) is 0. The lowest BCUT2D eigenvalue weighted by Crippen LogP contribution is -1.63. The zero-order valence-corrected chi connectivity index (χ0v) is 10.5. The summed E-state index contributed by atoms with van der Waals surface area (Å²) in [5.41, 5.74) is 0.984. The Morgan fingerprint density at radius 1 is 1.29 bits per heavy atom. The number of alkyl halides is 2. The van der Waals surface area contributed by atoms with E-state index >= 15 is 0 Å². The minimum Gasteiger partial charge on any atom is -0.225 e. The first-order valence-electron chi connectivity index (χ1n) is 3.89. The summed E-state index contributed by atoms with van der Waals surface area (Å²) in [6.45, 7) is 1.70. The molecule has 2 rings (SSSR count). The number of hydrogen-bond donors (Lipinski definition) is 0. The molecule has 0 atom stereocenters. The molecule has 0 saturated carbocycles. The zero-order valence-electron chi connectivity index (χ0n) is 7.38. The molecule has 14 heavy (non-hydrogen) atoms. The van der Waals surface area contributed by atoms with Crippen molar-refractivity contribution in [2.45, 2.75) is 11.8 Å². The monoisotopic (exact) mass is 267 g/mol. The summed E-state index contributed by atoms with van der Waals surface area (Å²) < 4.78 is 1.76. The van der Waals surface area contributed by atoms with Crippen molar-refractivity contribution in [2.24, 2.45) is 0 Å². The number of rotatable bonds is 0. The minimum atomic E-state index is -0.222. The van der Waals surface area contributed by atoms with Crippen molar-refractivity contribution in [3.05, 3.63) is 28.7 Å². The number of para-hydroxylation sites is 1. The first-order chi connectivity index (χ1) is 6.59. The highest BCUT2D eigenvalue weighted by molar-refractivity contribution is 7.22. The van der Waals surface area contributed by atoms with E-state index in [0.717, 1.165) is 10.2 Å². The van der Waals surface area contributed by atoms with Gasteiger partial charge < -0.3 is 0 Å². The number of fused-ring (bicyclic) bond motifs is 1. The Bertz CT molecular complexity index is 364. The van der Waals surface area contributed by atoms with E-state index in [-0.39, 0.29) is 4.84 Å². The van der Waals surface area contributed by atoms with E-state index in [2.05, 4.69) is 4.98 Å². The van der Waals surface area contributed by atoms with Gasteiger partial charge in [0, 0.05) is 0 Å². The van der Waals surface area contributed by atoms with Crippen LogP contribution in [-0.4, -0.2) is 9.82 Å². The molecule has 0 fully saturated rings. The molecule has 0 saturated heterocycles. The van der Waals surface area contributed by atoms with Gasteiger partial charge >= 0.3 is 0 Å². The molecule has 76 valence electrons. The molecule has 2 aromatic rings. The average Bonchev–Trinajstić information content (AvgIpc) is 2.42. The number of benzene rings is 1. The van der Waals surface area contributed by atoms with E-state index in [0.29, 0.717) is 4.47 Å². The fourth-order valence-corrected chi connectivity index (χ4v) is 1.87. The summed E-state index contributed by atoms with van der Waals surface area (Å²) >= 11 is 17.3. The zero-order chi connectivity index (χ0) is 10.6. The molecule has 1 aromatic heterocycles. The Kier molecular flexibility index (Phi) is 4.96. The van der Waals surface area contributed by atoms with Gasteiger partial charge in [-0.05, 0) is 19.1 Å². The van der Waals surface area contributed by atoms with Crippen LogP contribution in [0.25, 0.3) is 10.2 Å². The summed E-state index contributed by atoms with van der Waals surface area (Å²) in [5.74, 6) is 0. The lowest BCUT2D eigenvalue weighted by molar-refractivity contribution is 1.39. The Morgan fingerprint density at radius 2 is 1.86 bits per heavy atom. The Hall–Kier alpha value is -0.0200. The summed E-state index contributed by atoms with van der Waals surface area (Å²) in [6, 6.07) is 7.91. The van der Waals surface area contributed by atoms with Gasteiger partial charge in [-0.25, -0.2) is 4.98 Å². The molecule has 1 nitrogen and oxygen atoms in total. The van der Waals surface area contributed by atoms with E-state index in [9.17, 15) is 0 Å². The Morgan fingerprint density at radius 3 is 2.43 bits per heavy atom. The molecule has 0 aliphatic rings. The van der Waals surface area contributed by atoms with Gasteiger partial charge in [0.25, 0.3) is 0 Å². The Labute approximate surface area is 102 Å². The lowest BCUT2D eigenvalue weighted by Gasteiger charge is -1.80. The molecule has 1 heterocycles. The predicted octanol–water partition coefficient (Wildman–Crippen LogP) is 4.76. The van der Waals surface area contributed by atoms with Crippen LogP contribution in [0.4, 0.5) is 0 Å². The highest BCUT2D eigenvalue weighted by atomic mass is 35.5. The summed E-state index contributed by atoms with van der Waals surface area (Å²) in [5, 5.41) is 0. The number of nitrogens with zero attached hydrogens (tertiary/aromatic N) is 1. The van der Waals surface area contributed by atoms with Crippen molar-refractivity contribution in [3.63, 3.8) is 0 Å². The second-order valence-electron chi connectivity index (χ2n) is 2.45. The Balaban J connectivity index is 0.000000213. The fourth-order valence-electron chi connectivity index (χ4n) is 0.844. The molecule has 0 N–H and O–H groups in total. The normalized spacial score (nSPS) is 10.1. The van der Waals surface area contributed by atoms with Gasteiger partial charge in [-0.3, -0.25) is 0 Å². The highest BCUT2D eigenvalue weighted by Crippen LogP contribution is 2.24. The van der Waals surface area contributed by atoms with Gasteiger partial charge in [-0.2, -0.15) is 0 Å². The van der Waals surface area contributed by atoms with Crippen molar-refractivity contribution in [1.29, 1.82) is 0 Å². The molecule has 0 radical (unpaired) electrons. The van der Waals surface area contributed by atoms with E-state index in [4.69, 9.17) is 34.8 Å². The second-order valence-corrected chi connectivity index (χ2v) is 5.60. The van der Waals surface area contributed by atoms with Gasteiger partial charge in [0.2, 0.25) is 0 Å². The van der Waals surface area contributed by atoms with Crippen molar-refractivity contribution in [1.82, 2.24) is 4.98 Å². The van der Waals surface area contributed by atoms with Gasteiger partial charge in [0.1, 0.15) is 4.84 Å². The van der Waals surface area contributed by atoms with Gasteiger partial charge in [-0.1, -0.05) is 23.7 Å². The minimum absolute atomic E-state index is 0.222. The highest BCUT2D eigenvalue weighted by Gasteiger charge is 1.97. The summed E-state index contributed by atoms with van der Waals surface area (Å²) in [4.78, 5) is 3.87. The molecule has 0 bridgehead atoms. The molecule has 0 unspecified atom stereocenters. The summed E-state index contributed by atoms with van der Waals surface area (Å²) in [6.07, 6.45) is 0. The molecule has 0 amide bonds. The molecular weight excluding hydrogens is 261 g/mol. The SMILES string of the molecule is CC(Cl)Cl.Clc1nc2ccccc2s1. The van der Waals surface area contributed by atoms with Gasteiger partial charge in [0.05, 0.1) is 10.2 Å². The van der Waals surface area contributed by atoms with E-state index in [1.165, 1.54) is 11.3 Å². The fraction of sp³-hybridized carbons (Fsp3) is 0.222. The van der Waals surface area contributed by atoms with Crippen LogP contribution in [0.15, 0.2) is 24.3 Å². The van der Waals surface area contributed by atoms with Gasteiger partial charge in [-0.15, -0.1) is 34.5 Å². The van der Waals surface area contributed by atoms with E-state index in [1.54, 1.807) is 6.92 Å². The lowest BCUT2D eigenvalue weighted by atomic mass is 10.3. The predicted molar refractivity (Wildman–Crippen MR) is 65.8 cm³/mol. The molecule has 0 spiro atoms. The van der Waals surface area contributed by atoms with Crippen LogP contribution in [0.5, 0.6) is 0 Å². The van der Waals surface area contributed by atoms with Crippen LogP contribution >= 0.6 is 46.1 Å². The third kappa shape index (κ3) is 4.01. The molecule has 0 aliphatic heterocycles. The maximum atomic E-state index is 5.69. The first-order valence-corrected chi connectivity index (χ1v) is 5.95. The first kappa shape index (κ1) is 12.1. The quantitative estimate of drug-likeness (QED) is 0.628. The third-order valence-corrected chi connectivity index (χ3v) is 2.41. The number of aromatic nitrogens is 1. The molecule has 5 heteroatoms. The van der Waals surface area contributed by atoms with Gasteiger partial charge in [0.15, 0.2) is 4.47 Å². The van der Waals surface area contributed by atoms with Crippen molar-refractivity contribution >= 4 is 56.4 Å². The molecule has 1 aromatic carbocycles. The molecular formula is C9H8Cl3NS. The van der Waals surface area contributed by atoms with Crippen LogP contribution < -0.4 is 0 Å². The van der Waals surface area contributed by atoms with Crippen LogP contribution in [0, 0.1) is 0 Å². The van der Waals surface area contributed by atoms with Crippen molar-refractivity contribution in [3.8, 4) is 0 Å². The largest absolute Gasteiger partial charge is 0.225 e. The standard InChI is InChI=1S/C7H4ClNS.C2H4Cl2/c8-7-9-5-3-1-2-4-6(5)10-7;1-2(3)4/h1-4H;2H,1H3. The van der Waals surface area contributed by atoms with Crippen molar-refractivity contribution in [2.75, 3.05) is 0 Å². The van der Waals surface area contributed by atoms with E-state index in [1.807, 2.05) is 24.3 Å². The van der Waals surface area contributed by atoms with Crippen molar-refractivity contribution < 1.29 is 0 Å². The smallest absolute Gasteiger partial charge is 0.184 e. The third-order valence-electron chi connectivity index (χ3n) is 1.27. The van der Waals surface area contributed by atoms with Crippen LogP contribution in [0.3, 0.4) is 0 Å². The van der Waals surface area contributed by atoms with E-state index < -0.39 is 0 Å². The maximum absolute atomic E-state index is 5.69. The number of thiazole rings is 1. The number of halogens is 3. The average molecular weight is 269 g/mol. The maximum Gasteiger partial charge on any atom is 0.184 e.